The first-order chi connectivity index (χ1) is 10.7. The lowest BCUT2D eigenvalue weighted by Gasteiger charge is -2.17. The van der Waals surface area contributed by atoms with Crippen molar-refractivity contribution in [3.05, 3.63) is 41.7 Å². The molecule has 0 saturated heterocycles. The summed E-state index contributed by atoms with van der Waals surface area (Å²) < 4.78 is 5.23. The van der Waals surface area contributed by atoms with E-state index >= 15 is 0 Å². The minimum Gasteiger partial charge on any atom is -0.396 e. The van der Waals surface area contributed by atoms with Gasteiger partial charge < -0.3 is 14.9 Å². The molecule has 1 unspecified atom stereocenters. The van der Waals surface area contributed by atoms with Crippen LogP contribution in [-0.4, -0.2) is 28.8 Å². The van der Waals surface area contributed by atoms with Gasteiger partial charge in [0.1, 0.15) is 17.0 Å². The quantitative estimate of drug-likeness (QED) is 0.859. The molecule has 3 rings (SSSR count). The molecule has 0 radical (unpaired) electrons. The molecule has 1 saturated carbocycles. The zero-order chi connectivity index (χ0) is 15.5. The van der Waals surface area contributed by atoms with Gasteiger partial charge in [-0.15, -0.1) is 0 Å². The molecule has 0 bridgehead atoms. The van der Waals surface area contributed by atoms with E-state index < -0.39 is 0 Å². The average molecular weight is 300 g/mol. The number of nitrogens with one attached hydrogen (secondary N) is 1. The van der Waals surface area contributed by atoms with Gasteiger partial charge in [-0.2, -0.15) is 0 Å². The third kappa shape index (κ3) is 3.04. The second kappa shape index (κ2) is 6.32. The Bertz CT molecular complexity index is 647. The van der Waals surface area contributed by atoms with Crippen LogP contribution in [0, 0.1) is 12.8 Å². The molecule has 1 heterocycles. The Labute approximate surface area is 129 Å². The van der Waals surface area contributed by atoms with Crippen LogP contribution in [0.4, 0.5) is 0 Å². The van der Waals surface area contributed by atoms with Gasteiger partial charge in [0.2, 0.25) is 0 Å². The van der Waals surface area contributed by atoms with Crippen LogP contribution in [0.3, 0.4) is 0 Å². The molecule has 22 heavy (non-hydrogen) atoms. The van der Waals surface area contributed by atoms with E-state index in [1.807, 2.05) is 30.3 Å². The zero-order valence-electron chi connectivity index (χ0n) is 12.6. The van der Waals surface area contributed by atoms with Crippen LogP contribution < -0.4 is 5.32 Å². The van der Waals surface area contributed by atoms with Gasteiger partial charge >= 0.3 is 0 Å². The van der Waals surface area contributed by atoms with Crippen LogP contribution in [0.1, 0.15) is 35.4 Å². The van der Waals surface area contributed by atoms with Crippen LogP contribution in [-0.2, 0) is 0 Å². The van der Waals surface area contributed by atoms with E-state index in [4.69, 9.17) is 9.63 Å². The maximum absolute atomic E-state index is 12.6. The third-order valence-electron chi connectivity index (χ3n) is 4.08. The number of benzene rings is 1. The zero-order valence-corrected chi connectivity index (χ0v) is 12.6. The molecular formula is C17H20N2O3. The first-order valence-corrected chi connectivity index (χ1v) is 7.64. The topological polar surface area (TPSA) is 75.4 Å². The molecule has 1 fully saturated rings. The van der Waals surface area contributed by atoms with Gasteiger partial charge in [-0.25, -0.2) is 0 Å². The van der Waals surface area contributed by atoms with Gasteiger partial charge in [0.25, 0.3) is 5.91 Å². The summed E-state index contributed by atoms with van der Waals surface area (Å²) in [7, 11) is 0. The fourth-order valence-electron chi connectivity index (χ4n) is 2.74. The standard InChI is InChI=1S/C17H20N2O3/c1-11-15(16(19-22-11)13-5-3-2-4-6-13)17(21)18-14(9-10-20)12-7-8-12/h2-6,12,14,20H,7-10H2,1H3,(H,18,21). The number of carbonyl (C=O) groups is 1. The molecule has 1 aromatic heterocycles. The number of aliphatic hydroxyl groups is 1. The smallest absolute Gasteiger partial charge is 0.257 e. The van der Waals surface area contributed by atoms with Crippen molar-refractivity contribution in [3.63, 3.8) is 0 Å². The summed E-state index contributed by atoms with van der Waals surface area (Å²) >= 11 is 0. The lowest BCUT2D eigenvalue weighted by atomic mass is 10.0. The molecule has 1 aliphatic rings. The Hall–Kier alpha value is -2.14. The summed E-state index contributed by atoms with van der Waals surface area (Å²) in [6.45, 7) is 1.82. The minimum absolute atomic E-state index is 0.0235. The maximum atomic E-state index is 12.6. The predicted molar refractivity (Wildman–Crippen MR) is 82.4 cm³/mol. The molecule has 2 aromatic rings. The number of rotatable bonds is 6. The number of aliphatic hydroxyl groups excluding tert-OH is 1. The van der Waals surface area contributed by atoms with Crippen LogP contribution in [0.25, 0.3) is 11.3 Å². The second-order valence-corrected chi connectivity index (χ2v) is 5.76. The fraction of sp³-hybridized carbons (Fsp3) is 0.412. The van der Waals surface area contributed by atoms with Crippen molar-refractivity contribution in [2.45, 2.75) is 32.2 Å². The Morgan fingerprint density at radius 3 is 2.77 bits per heavy atom. The van der Waals surface area contributed by atoms with Gasteiger partial charge in [-0.05, 0) is 32.1 Å². The highest BCUT2D eigenvalue weighted by atomic mass is 16.5. The van der Waals surface area contributed by atoms with Crippen LogP contribution in [0.15, 0.2) is 34.9 Å². The van der Waals surface area contributed by atoms with Crippen LogP contribution >= 0.6 is 0 Å². The lowest BCUT2D eigenvalue weighted by molar-refractivity contribution is 0.0923. The largest absolute Gasteiger partial charge is 0.396 e. The van der Waals surface area contributed by atoms with Crippen LogP contribution in [0.2, 0.25) is 0 Å². The highest BCUT2D eigenvalue weighted by Gasteiger charge is 2.33. The predicted octanol–water partition coefficient (Wildman–Crippen LogP) is 2.54. The van der Waals surface area contributed by atoms with Gasteiger partial charge in [0.05, 0.1) is 0 Å². The van der Waals surface area contributed by atoms with E-state index in [0.29, 0.717) is 29.4 Å². The SMILES string of the molecule is Cc1onc(-c2ccccc2)c1C(=O)NC(CCO)C1CC1. The fourth-order valence-corrected chi connectivity index (χ4v) is 2.74. The van der Waals surface area contributed by atoms with E-state index in [0.717, 1.165) is 18.4 Å². The van der Waals surface area contributed by atoms with Crippen molar-refractivity contribution in [1.82, 2.24) is 10.5 Å². The number of aromatic nitrogens is 1. The monoisotopic (exact) mass is 300 g/mol. The molecule has 1 amide bonds. The summed E-state index contributed by atoms with van der Waals surface area (Å²) in [6.07, 6.45) is 2.81. The summed E-state index contributed by atoms with van der Waals surface area (Å²) in [6, 6.07) is 9.55. The Morgan fingerprint density at radius 2 is 2.14 bits per heavy atom. The number of nitrogens with zero attached hydrogens (tertiary/aromatic N) is 1. The van der Waals surface area contributed by atoms with Crippen molar-refractivity contribution in [1.29, 1.82) is 0 Å². The Balaban J connectivity index is 1.84. The molecule has 1 aliphatic carbocycles. The lowest BCUT2D eigenvalue weighted by Crippen LogP contribution is -2.37. The van der Waals surface area contributed by atoms with Crippen molar-refractivity contribution in [2.24, 2.45) is 5.92 Å². The van der Waals surface area contributed by atoms with Gasteiger partial charge in [0.15, 0.2) is 0 Å². The van der Waals surface area contributed by atoms with Crippen molar-refractivity contribution >= 4 is 5.91 Å². The molecule has 0 aliphatic heterocycles. The van der Waals surface area contributed by atoms with E-state index in [1.165, 1.54) is 0 Å². The van der Waals surface area contributed by atoms with Crippen LogP contribution in [0.5, 0.6) is 0 Å². The highest BCUT2D eigenvalue weighted by molar-refractivity contribution is 6.00. The normalized spacial score (nSPS) is 15.5. The highest BCUT2D eigenvalue weighted by Crippen LogP contribution is 2.34. The maximum Gasteiger partial charge on any atom is 0.257 e. The number of hydrogen-bond donors (Lipinski definition) is 2. The molecule has 1 aromatic carbocycles. The first kappa shape index (κ1) is 14.8. The van der Waals surface area contributed by atoms with E-state index in [-0.39, 0.29) is 18.6 Å². The summed E-state index contributed by atoms with van der Waals surface area (Å²) in [5.41, 5.74) is 1.90. The summed E-state index contributed by atoms with van der Waals surface area (Å²) in [4.78, 5) is 12.6. The van der Waals surface area contributed by atoms with Gasteiger partial charge in [-0.3, -0.25) is 4.79 Å². The van der Waals surface area contributed by atoms with E-state index in [1.54, 1.807) is 6.92 Å². The first-order valence-electron chi connectivity index (χ1n) is 7.64. The van der Waals surface area contributed by atoms with Crippen molar-refractivity contribution < 1.29 is 14.4 Å². The molecule has 5 heteroatoms. The van der Waals surface area contributed by atoms with Crippen molar-refractivity contribution in [2.75, 3.05) is 6.61 Å². The van der Waals surface area contributed by atoms with Gasteiger partial charge in [-0.1, -0.05) is 35.5 Å². The number of amides is 1. The molecular weight excluding hydrogens is 280 g/mol. The van der Waals surface area contributed by atoms with Gasteiger partial charge in [0, 0.05) is 18.2 Å². The van der Waals surface area contributed by atoms with E-state index in [9.17, 15) is 4.79 Å². The van der Waals surface area contributed by atoms with Crippen molar-refractivity contribution in [3.8, 4) is 11.3 Å². The van der Waals surface area contributed by atoms with E-state index in [2.05, 4.69) is 10.5 Å². The molecule has 116 valence electrons. The third-order valence-corrected chi connectivity index (χ3v) is 4.08. The average Bonchev–Trinajstić information content (AvgIpc) is 3.30. The second-order valence-electron chi connectivity index (χ2n) is 5.76. The molecule has 0 spiro atoms. The number of aryl methyl sites for hydroxylation is 1. The molecule has 5 nitrogen and oxygen atoms in total. The Morgan fingerprint density at radius 1 is 1.41 bits per heavy atom. The molecule has 2 N–H and O–H groups in total. The molecule has 1 atom stereocenters. The minimum atomic E-state index is -0.178. The number of carbonyl (C=O) groups excluding carboxylic acids is 1. The number of hydrogen-bond acceptors (Lipinski definition) is 4. The Kier molecular flexibility index (Phi) is 4.24. The summed E-state index contributed by atoms with van der Waals surface area (Å²) in [5, 5.41) is 16.2. The summed E-state index contributed by atoms with van der Waals surface area (Å²) in [5.74, 6) is 0.814.